The van der Waals surface area contributed by atoms with Crippen molar-refractivity contribution in [1.82, 2.24) is 0 Å². The zero-order chi connectivity index (χ0) is 17.9. The number of hydrogen-bond acceptors (Lipinski definition) is 6. The number of ether oxygens (including phenoxy) is 3. The van der Waals surface area contributed by atoms with Gasteiger partial charge in [0.15, 0.2) is 11.5 Å². The molecule has 0 saturated heterocycles. The highest BCUT2D eigenvalue weighted by atomic mass is 16.5. The molecule has 0 aliphatic heterocycles. The van der Waals surface area contributed by atoms with Crippen LogP contribution in [0.15, 0.2) is 18.2 Å². The lowest BCUT2D eigenvalue weighted by molar-refractivity contribution is -0.164. The van der Waals surface area contributed by atoms with Crippen molar-refractivity contribution >= 4 is 11.8 Å². The maximum Gasteiger partial charge on any atom is 0.312 e. The Bertz CT molecular complexity index is 622. The molecule has 0 bridgehead atoms. The number of rotatable bonds is 5. The average Bonchev–Trinajstić information content (AvgIpc) is 2.52. The van der Waals surface area contributed by atoms with Gasteiger partial charge in [-0.1, -0.05) is 6.07 Å². The van der Waals surface area contributed by atoms with Crippen molar-refractivity contribution in [1.29, 1.82) is 0 Å². The Labute approximate surface area is 141 Å². The highest BCUT2D eigenvalue weighted by molar-refractivity contribution is 5.86. The van der Waals surface area contributed by atoms with Gasteiger partial charge in [-0.3, -0.25) is 9.59 Å². The quantitative estimate of drug-likeness (QED) is 0.829. The number of carbonyl (C=O) groups is 2. The van der Waals surface area contributed by atoms with Crippen molar-refractivity contribution in [2.45, 2.75) is 38.2 Å². The third-order valence-corrected chi connectivity index (χ3v) is 4.45. The summed E-state index contributed by atoms with van der Waals surface area (Å²) in [6.07, 6.45) is 0.120. The average molecular weight is 336 g/mol. The summed E-state index contributed by atoms with van der Waals surface area (Å²) in [4.78, 5) is 24.5. The van der Waals surface area contributed by atoms with E-state index in [9.17, 15) is 14.7 Å². The predicted molar refractivity (Wildman–Crippen MR) is 87.3 cm³/mol. The van der Waals surface area contributed by atoms with E-state index in [0.717, 1.165) is 5.56 Å². The molecule has 0 aromatic heterocycles. The molecule has 1 fully saturated rings. The van der Waals surface area contributed by atoms with Crippen LogP contribution in [-0.4, -0.2) is 43.3 Å². The molecule has 1 aromatic rings. The van der Waals surface area contributed by atoms with Crippen molar-refractivity contribution in [3.8, 4) is 11.5 Å². The molecule has 0 amide bonds. The van der Waals surface area contributed by atoms with E-state index in [1.165, 1.54) is 21.1 Å². The van der Waals surface area contributed by atoms with E-state index < -0.39 is 23.4 Å². The minimum Gasteiger partial charge on any atom is -0.493 e. The molecule has 3 atom stereocenters. The zero-order valence-corrected chi connectivity index (χ0v) is 14.5. The normalized spacial score (nSPS) is 26.8. The van der Waals surface area contributed by atoms with Crippen LogP contribution in [0.4, 0.5) is 0 Å². The van der Waals surface area contributed by atoms with Crippen LogP contribution in [0.3, 0.4) is 0 Å². The van der Waals surface area contributed by atoms with Gasteiger partial charge in [0.25, 0.3) is 0 Å². The predicted octanol–water partition coefficient (Wildman–Crippen LogP) is 2.08. The number of aliphatic hydroxyl groups is 1. The lowest BCUT2D eigenvalue weighted by atomic mass is 9.67. The third kappa shape index (κ3) is 3.53. The van der Waals surface area contributed by atoms with Crippen LogP contribution in [0.25, 0.3) is 0 Å². The second-order valence-corrected chi connectivity index (χ2v) is 6.23. The van der Waals surface area contributed by atoms with Crippen molar-refractivity contribution in [2.75, 3.05) is 20.8 Å². The minimum atomic E-state index is -1.45. The lowest BCUT2D eigenvalue weighted by Crippen LogP contribution is -2.49. The summed E-state index contributed by atoms with van der Waals surface area (Å²) < 4.78 is 15.7. The van der Waals surface area contributed by atoms with Gasteiger partial charge in [-0.25, -0.2) is 0 Å². The first-order valence-electron chi connectivity index (χ1n) is 7.96. The molecule has 1 N–H and O–H groups in total. The number of hydrogen-bond donors (Lipinski definition) is 1. The van der Waals surface area contributed by atoms with E-state index in [0.29, 0.717) is 11.5 Å². The largest absolute Gasteiger partial charge is 0.493 e. The first kappa shape index (κ1) is 18.3. The molecular weight excluding hydrogens is 312 g/mol. The van der Waals surface area contributed by atoms with E-state index >= 15 is 0 Å². The third-order valence-electron chi connectivity index (χ3n) is 4.45. The summed E-state index contributed by atoms with van der Waals surface area (Å²) in [7, 11) is 3.06. The monoisotopic (exact) mass is 336 g/mol. The van der Waals surface area contributed by atoms with Crippen molar-refractivity contribution in [3.05, 3.63) is 23.8 Å². The van der Waals surface area contributed by atoms with Crippen molar-refractivity contribution in [3.63, 3.8) is 0 Å². The number of esters is 1. The van der Waals surface area contributed by atoms with Gasteiger partial charge in [-0.15, -0.1) is 0 Å². The van der Waals surface area contributed by atoms with Gasteiger partial charge in [-0.05, 0) is 31.5 Å². The van der Waals surface area contributed by atoms with Gasteiger partial charge < -0.3 is 19.3 Å². The molecule has 0 unspecified atom stereocenters. The van der Waals surface area contributed by atoms with E-state index in [2.05, 4.69) is 0 Å². The smallest absolute Gasteiger partial charge is 0.312 e. The standard InChI is InChI=1S/C18H24O6/c1-5-24-17(20)16-13(9-12(19)10-18(16,2)21)11-6-7-14(22-3)15(8-11)23-4/h6-8,13,16,21H,5,9-10H2,1-4H3/t13-,16-,18-/m1/s1. The van der Waals surface area contributed by atoms with E-state index in [-0.39, 0.29) is 25.2 Å². The molecular formula is C18H24O6. The number of benzene rings is 1. The van der Waals surface area contributed by atoms with Gasteiger partial charge >= 0.3 is 5.97 Å². The van der Waals surface area contributed by atoms with E-state index in [1.54, 1.807) is 25.1 Å². The highest BCUT2D eigenvalue weighted by Gasteiger charge is 2.49. The van der Waals surface area contributed by atoms with Gasteiger partial charge in [0.05, 0.1) is 32.3 Å². The first-order valence-corrected chi connectivity index (χ1v) is 7.96. The van der Waals surface area contributed by atoms with Gasteiger partial charge in [-0.2, -0.15) is 0 Å². The Morgan fingerprint density at radius 3 is 2.54 bits per heavy atom. The molecule has 1 aliphatic rings. The Balaban J connectivity index is 2.46. The summed E-state index contributed by atoms with van der Waals surface area (Å²) in [6.45, 7) is 3.45. The fraction of sp³-hybridized carbons (Fsp3) is 0.556. The van der Waals surface area contributed by atoms with Crippen LogP contribution in [0, 0.1) is 5.92 Å². The molecule has 6 heteroatoms. The Kier molecular flexibility index (Phi) is 5.49. The second-order valence-electron chi connectivity index (χ2n) is 6.23. The molecule has 0 radical (unpaired) electrons. The topological polar surface area (TPSA) is 82.1 Å². The molecule has 24 heavy (non-hydrogen) atoms. The van der Waals surface area contributed by atoms with Gasteiger partial charge in [0.1, 0.15) is 5.78 Å². The van der Waals surface area contributed by atoms with Crippen molar-refractivity contribution < 1.29 is 28.9 Å². The number of carbonyl (C=O) groups excluding carboxylic acids is 2. The molecule has 132 valence electrons. The summed E-state index contributed by atoms with van der Waals surface area (Å²) in [5.74, 6) is -0.790. The fourth-order valence-electron chi connectivity index (χ4n) is 3.42. The highest BCUT2D eigenvalue weighted by Crippen LogP contribution is 2.44. The summed E-state index contributed by atoms with van der Waals surface area (Å²) in [6, 6.07) is 5.25. The Morgan fingerprint density at radius 1 is 1.29 bits per heavy atom. The van der Waals surface area contributed by atoms with E-state index in [1.807, 2.05) is 0 Å². The van der Waals surface area contributed by atoms with Crippen LogP contribution >= 0.6 is 0 Å². The molecule has 0 heterocycles. The number of Topliss-reactive ketones (excluding diaryl/α,β-unsaturated/α-hetero) is 1. The van der Waals surface area contributed by atoms with Crippen LogP contribution in [0.1, 0.15) is 38.2 Å². The SMILES string of the molecule is CCOC(=O)[C@H]1[C@@H](c2ccc(OC)c(OC)c2)CC(=O)C[C@@]1(C)O. The molecule has 2 rings (SSSR count). The Morgan fingerprint density at radius 2 is 1.96 bits per heavy atom. The minimum absolute atomic E-state index is 0.0553. The van der Waals surface area contributed by atoms with Crippen LogP contribution < -0.4 is 9.47 Å². The Hall–Kier alpha value is -2.08. The summed E-state index contributed by atoms with van der Waals surface area (Å²) in [5.41, 5.74) is -0.710. The van der Waals surface area contributed by atoms with Crippen LogP contribution in [-0.2, 0) is 14.3 Å². The van der Waals surface area contributed by atoms with Crippen LogP contribution in [0.2, 0.25) is 0 Å². The van der Waals surface area contributed by atoms with Gasteiger partial charge in [0.2, 0.25) is 0 Å². The molecule has 1 aliphatic carbocycles. The zero-order valence-electron chi connectivity index (χ0n) is 14.5. The van der Waals surface area contributed by atoms with Crippen molar-refractivity contribution in [2.24, 2.45) is 5.92 Å². The number of methoxy groups -OCH3 is 2. The maximum atomic E-state index is 12.4. The molecule has 1 aromatic carbocycles. The van der Waals surface area contributed by atoms with Crippen LogP contribution in [0.5, 0.6) is 11.5 Å². The van der Waals surface area contributed by atoms with E-state index in [4.69, 9.17) is 14.2 Å². The van der Waals surface area contributed by atoms with Gasteiger partial charge in [0, 0.05) is 18.8 Å². The summed E-state index contributed by atoms with van der Waals surface area (Å²) >= 11 is 0. The summed E-state index contributed by atoms with van der Waals surface area (Å²) in [5, 5.41) is 10.7. The number of ketones is 1. The first-order chi connectivity index (χ1) is 11.3. The molecule has 6 nitrogen and oxygen atoms in total. The fourth-order valence-corrected chi connectivity index (χ4v) is 3.42. The molecule has 0 spiro atoms. The lowest BCUT2D eigenvalue weighted by Gasteiger charge is -2.40. The maximum absolute atomic E-state index is 12.4. The second kappa shape index (κ2) is 7.21. The molecule has 1 saturated carbocycles.